The van der Waals surface area contributed by atoms with Gasteiger partial charge in [0.1, 0.15) is 23.3 Å². The molecule has 2 aromatic rings. The van der Waals surface area contributed by atoms with Crippen molar-refractivity contribution < 1.29 is 60.7 Å². The van der Waals surface area contributed by atoms with Crippen LogP contribution in [0.15, 0.2) is 36.4 Å². The van der Waals surface area contributed by atoms with E-state index >= 15 is 0 Å². The highest BCUT2D eigenvalue weighted by molar-refractivity contribution is 7.90. The van der Waals surface area contributed by atoms with Gasteiger partial charge in [0.2, 0.25) is 0 Å². The first-order valence-corrected chi connectivity index (χ1v) is 11.3. The van der Waals surface area contributed by atoms with Crippen molar-refractivity contribution in [1.82, 2.24) is 9.44 Å². The van der Waals surface area contributed by atoms with Gasteiger partial charge in [-0.15, -0.1) is 0 Å². The minimum absolute atomic E-state index is 0.0133. The topological polar surface area (TPSA) is 92.3 Å². The average Bonchev–Trinajstić information content (AvgIpc) is 2.63. The standard InChI is InChI=1S/C16H10F10N2O4S2/c17-7-1-3-9(11(19)5-7)13(27-33(29,30)15(21,22)23)14(28-34(31,32)16(24,25)26)10-4-2-8(18)6-12(10)20/h1-6,13-14,27-28H/t13-,14-/m1/s1. The predicted molar refractivity (Wildman–Crippen MR) is 94.4 cm³/mol. The number of halogens is 10. The molecule has 18 heteroatoms. The van der Waals surface area contributed by atoms with Crippen molar-refractivity contribution in [3.8, 4) is 0 Å². The lowest BCUT2D eigenvalue weighted by atomic mass is 9.94. The lowest BCUT2D eigenvalue weighted by Crippen LogP contribution is -2.47. The Bertz CT molecular complexity index is 1180. The summed E-state index contributed by atoms with van der Waals surface area (Å²) >= 11 is 0. The van der Waals surface area contributed by atoms with Gasteiger partial charge in [0.25, 0.3) is 0 Å². The van der Waals surface area contributed by atoms with Crippen LogP contribution >= 0.6 is 0 Å². The molecule has 0 saturated heterocycles. The third-order valence-electron chi connectivity index (χ3n) is 4.10. The second-order valence-electron chi connectivity index (χ2n) is 6.42. The number of alkyl halides is 6. The summed E-state index contributed by atoms with van der Waals surface area (Å²) in [4.78, 5) is 0. The SMILES string of the molecule is O=S(=O)(N[C@H](c1ccc(F)cc1F)[C@H](NS(=O)(=O)C(F)(F)F)c1ccc(F)cc1F)C(F)(F)F. The van der Waals surface area contributed by atoms with Crippen LogP contribution in [0.3, 0.4) is 0 Å². The molecule has 2 atom stereocenters. The highest BCUT2D eigenvalue weighted by atomic mass is 32.2. The molecule has 0 heterocycles. The zero-order valence-corrected chi connectivity index (χ0v) is 17.5. The Kier molecular flexibility index (Phi) is 7.61. The first-order valence-electron chi connectivity index (χ1n) is 8.34. The van der Waals surface area contributed by atoms with Crippen molar-refractivity contribution in [1.29, 1.82) is 0 Å². The van der Waals surface area contributed by atoms with Crippen molar-refractivity contribution >= 4 is 20.0 Å². The maximum Gasteiger partial charge on any atom is 0.511 e. The number of hydrogen-bond donors (Lipinski definition) is 2. The molecule has 34 heavy (non-hydrogen) atoms. The zero-order valence-electron chi connectivity index (χ0n) is 15.8. The average molecular weight is 548 g/mol. The van der Waals surface area contributed by atoms with Gasteiger partial charge >= 0.3 is 31.1 Å². The number of benzene rings is 2. The van der Waals surface area contributed by atoms with E-state index < -0.39 is 77.5 Å². The van der Waals surface area contributed by atoms with Crippen LogP contribution in [0.1, 0.15) is 23.2 Å². The lowest BCUT2D eigenvalue weighted by Gasteiger charge is -2.30. The Labute approximate surface area is 184 Å². The van der Waals surface area contributed by atoms with E-state index in [1.165, 1.54) is 0 Å². The highest BCUT2D eigenvalue weighted by Crippen LogP contribution is 2.37. The van der Waals surface area contributed by atoms with E-state index in [0.717, 1.165) is 9.44 Å². The van der Waals surface area contributed by atoms with Gasteiger partial charge in [-0.1, -0.05) is 12.1 Å². The van der Waals surface area contributed by atoms with Crippen LogP contribution in [0.5, 0.6) is 0 Å². The molecule has 0 aliphatic heterocycles. The molecule has 0 aromatic heterocycles. The van der Waals surface area contributed by atoms with Crippen LogP contribution < -0.4 is 9.44 Å². The van der Waals surface area contributed by atoms with Gasteiger partial charge in [0.05, 0.1) is 12.1 Å². The van der Waals surface area contributed by atoms with Gasteiger partial charge in [0.15, 0.2) is 0 Å². The summed E-state index contributed by atoms with van der Waals surface area (Å²) in [5.41, 5.74) is -14.9. The van der Waals surface area contributed by atoms with Crippen LogP contribution in [0.2, 0.25) is 0 Å². The maximum absolute atomic E-state index is 14.4. The molecular formula is C16H10F10N2O4S2. The smallest absolute Gasteiger partial charge is 0.207 e. The number of sulfonamides is 2. The molecule has 0 amide bonds. The summed E-state index contributed by atoms with van der Waals surface area (Å²) in [6.45, 7) is 0. The molecule has 6 nitrogen and oxygen atoms in total. The quantitative estimate of drug-likeness (QED) is 0.514. The number of nitrogens with one attached hydrogen (secondary N) is 2. The Balaban J connectivity index is 2.86. The molecule has 2 rings (SSSR count). The minimum atomic E-state index is -6.56. The molecule has 0 unspecified atom stereocenters. The number of rotatable bonds is 7. The van der Waals surface area contributed by atoms with Gasteiger partial charge < -0.3 is 0 Å². The van der Waals surface area contributed by atoms with Crippen molar-refractivity contribution in [3.63, 3.8) is 0 Å². The maximum atomic E-state index is 14.4. The first-order chi connectivity index (χ1) is 15.3. The Hall–Kier alpha value is -2.44. The third-order valence-corrected chi connectivity index (χ3v) is 6.45. The molecule has 190 valence electrons. The molecule has 2 aromatic carbocycles. The fourth-order valence-electron chi connectivity index (χ4n) is 2.60. The summed E-state index contributed by atoms with van der Waals surface area (Å²) in [6, 6.07) is -4.72. The largest absolute Gasteiger partial charge is 0.511 e. The third kappa shape index (κ3) is 5.97. The van der Waals surface area contributed by atoms with Crippen LogP contribution in [0.4, 0.5) is 43.9 Å². The zero-order chi connectivity index (χ0) is 26.3. The van der Waals surface area contributed by atoms with E-state index in [0.29, 0.717) is 12.1 Å². The van der Waals surface area contributed by atoms with Crippen molar-refractivity contribution in [2.45, 2.75) is 23.1 Å². The van der Waals surface area contributed by atoms with E-state index in [4.69, 9.17) is 0 Å². The molecular weight excluding hydrogens is 538 g/mol. The van der Waals surface area contributed by atoms with E-state index in [1.54, 1.807) is 0 Å². The first kappa shape index (κ1) is 27.8. The van der Waals surface area contributed by atoms with Crippen LogP contribution in [-0.2, 0) is 20.0 Å². The van der Waals surface area contributed by atoms with Gasteiger partial charge in [-0.25, -0.2) is 34.4 Å². The van der Waals surface area contributed by atoms with Gasteiger partial charge in [0, 0.05) is 23.3 Å². The monoisotopic (exact) mass is 548 g/mol. The van der Waals surface area contributed by atoms with E-state index in [1.807, 2.05) is 0 Å². The van der Waals surface area contributed by atoms with E-state index in [9.17, 15) is 60.7 Å². The van der Waals surface area contributed by atoms with E-state index in [-0.39, 0.29) is 24.3 Å². The molecule has 0 fully saturated rings. The minimum Gasteiger partial charge on any atom is -0.207 e. The van der Waals surface area contributed by atoms with Crippen molar-refractivity contribution in [2.24, 2.45) is 0 Å². The Morgan fingerprint density at radius 2 is 0.882 bits per heavy atom. The molecule has 0 bridgehead atoms. The summed E-state index contributed by atoms with van der Waals surface area (Å²) in [6.07, 6.45) is 0. The molecule has 0 spiro atoms. The second kappa shape index (κ2) is 9.31. The summed E-state index contributed by atoms with van der Waals surface area (Å²) in [7, 11) is -13.1. The van der Waals surface area contributed by atoms with Crippen molar-refractivity contribution in [2.75, 3.05) is 0 Å². The molecule has 2 N–H and O–H groups in total. The summed E-state index contributed by atoms with van der Waals surface area (Å²) in [5, 5.41) is 0. The number of hydrogen-bond acceptors (Lipinski definition) is 4. The fourth-order valence-corrected chi connectivity index (χ4v) is 4.06. The highest BCUT2D eigenvalue weighted by Gasteiger charge is 2.51. The van der Waals surface area contributed by atoms with Crippen LogP contribution in [0.25, 0.3) is 0 Å². The lowest BCUT2D eigenvalue weighted by molar-refractivity contribution is -0.0466. The fraction of sp³-hybridized carbons (Fsp3) is 0.250. The molecule has 0 saturated carbocycles. The van der Waals surface area contributed by atoms with Gasteiger partial charge in [-0.3, -0.25) is 0 Å². The Morgan fingerprint density at radius 1 is 0.588 bits per heavy atom. The molecule has 0 aliphatic carbocycles. The summed E-state index contributed by atoms with van der Waals surface area (Å²) < 4.78 is 181. The molecule has 0 aliphatic rings. The van der Waals surface area contributed by atoms with E-state index in [2.05, 4.69) is 0 Å². The predicted octanol–water partition coefficient (Wildman–Crippen LogP) is 3.90. The van der Waals surface area contributed by atoms with Gasteiger partial charge in [-0.05, 0) is 12.1 Å². The Morgan fingerprint density at radius 3 is 1.12 bits per heavy atom. The van der Waals surface area contributed by atoms with Gasteiger partial charge in [-0.2, -0.15) is 35.8 Å². The van der Waals surface area contributed by atoms with Crippen molar-refractivity contribution in [3.05, 3.63) is 70.8 Å². The normalized spacial score (nSPS) is 15.2. The molecule has 0 radical (unpaired) electrons. The second-order valence-corrected chi connectivity index (χ2v) is 9.83. The summed E-state index contributed by atoms with van der Waals surface area (Å²) in [5.74, 6) is -6.40. The van der Waals surface area contributed by atoms with Crippen LogP contribution in [-0.4, -0.2) is 27.9 Å². The van der Waals surface area contributed by atoms with Crippen LogP contribution in [0, 0.1) is 23.3 Å².